The Labute approximate surface area is 172 Å². The topological polar surface area (TPSA) is 35.9 Å². The van der Waals surface area contributed by atoms with Crippen molar-refractivity contribution in [3.63, 3.8) is 0 Å². The van der Waals surface area contributed by atoms with Crippen molar-refractivity contribution in [2.24, 2.45) is 4.99 Å². The summed E-state index contributed by atoms with van der Waals surface area (Å²) in [7, 11) is 1.65. The third-order valence-corrected chi connectivity index (χ3v) is 6.34. The van der Waals surface area contributed by atoms with Gasteiger partial charge in [-0.25, -0.2) is 13.8 Å². The number of benzene rings is 3. The van der Waals surface area contributed by atoms with E-state index in [0.717, 1.165) is 5.56 Å². The summed E-state index contributed by atoms with van der Waals surface area (Å²) in [6.45, 7) is 0.556. The van der Waals surface area contributed by atoms with E-state index in [1.165, 1.54) is 11.0 Å². The number of halogens is 2. The minimum Gasteiger partial charge on any atom is -0.325 e. The van der Waals surface area contributed by atoms with Gasteiger partial charge in [0.15, 0.2) is 17.2 Å². The largest absolute Gasteiger partial charge is 0.325 e. The van der Waals surface area contributed by atoms with E-state index in [9.17, 15) is 9.18 Å². The van der Waals surface area contributed by atoms with Crippen LogP contribution in [0.5, 0.6) is 0 Å². The van der Waals surface area contributed by atoms with Crippen molar-refractivity contribution in [3.05, 3.63) is 94.6 Å². The highest BCUT2D eigenvalue weighted by molar-refractivity contribution is 6.19. The van der Waals surface area contributed by atoms with Gasteiger partial charge in [-0.15, -0.1) is 0 Å². The molecule has 0 N–H and O–H groups in total. The van der Waals surface area contributed by atoms with Crippen molar-refractivity contribution in [3.8, 4) is 0 Å². The van der Waals surface area contributed by atoms with Crippen LogP contribution in [0.25, 0.3) is 0 Å². The molecule has 3 aliphatic heterocycles. The van der Waals surface area contributed by atoms with Gasteiger partial charge in [-0.2, -0.15) is 0 Å². The molecule has 0 radical (unpaired) electrons. The van der Waals surface area contributed by atoms with Crippen molar-refractivity contribution >= 4 is 23.1 Å². The smallest absolute Gasteiger partial charge is 0.264 e. The maximum absolute atomic E-state index is 15.4. The van der Waals surface area contributed by atoms with Crippen molar-refractivity contribution in [1.29, 1.82) is 0 Å². The number of hydrogen-bond acceptors (Lipinski definition) is 3. The van der Waals surface area contributed by atoms with Gasteiger partial charge < -0.3 is 9.80 Å². The maximum atomic E-state index is 15.4. The lowest BCUT2D eigenvalue weighted by Crippen LogP contribution is -2.47. The van der Waals surface area contributed by atoms with Crippen LogP contribution in [0, 0.1) is 11.6 Å². The molecule has 3 aromatic rings. The minimum atomic E-state index is -1.65. The Hall–Kier alpha value is -3.54. The molecule has 0 bridgehead atoms. The van der Waals surface area contributed by atoms with Gasteiger partial charge in [0.05, 0.1) is 11.3 Å². The monoisotopic (exact) mass is 401 g/mol. The second-order valence-corrected chi connectivity index (χ2v) is 7.85. The number of nitrogens with zero attached hydrogens (tertiary/aromatic N) is 3. The number of likely N-dealkylation sites (N-methyl/N-ethyl adjacent to an activating group) is 1. The van der Waals surface area contributed by atoms with E-state index < -0.39 is 17.2 Å². The van der Waals surface area contributed by atoms with Crippen LogP contribution in [0.4, 0.5) is 20.2 Å². The van der Waals surface area contributed by atoms with Crippen molar-refractivity contribution in [2.45, 2.75) is 12.0 Å². The standard InChI is InChI=1S/C24H17F2N3O/c1-28-18-10-6-5-9-16(18)24(23(28)30)19-20(26)17(25)13-15-11-12-29(21(15)19)22(27-24)14-7-3-2-4-8-14/h2-10,13H,11-12H2,1H3. The number of anilines is 2. The summed E-state index contributed by atoms with van der Waals surface area (Å²) in [5, 5.41) is 0. The highest BCUT2D eigenvalue weighted by atomic mass is 19.2. The number of carbonyl (C=O) groups excluding carboxylic acids is 1. The van der Waals surface area contributed by atoms with E-state index in [2.05, 4.69) is 0 Å². The van der Waals surface area contributed by atoms with Crippen molar-refractivity contribution in [2.75, 3.05) is 23.4 Å². The second-order valence-electron chi connectivity index (χ2n) is 7.85. The fourth-order valence-electron chi connectivity index (χ4n) is 5.03. The summed E-state index contributed by atoms with van der Waals surface area (Å²) in [6, 6.07) is 18.0. The number of aliphatic imine (C=N–C) groups is 1. The van der Waals surface area contributed by atoms with E-state index in [1.54, 1.807) is 19.2 Å². The van der Waals surface area contributed by atoms with Gasteiger partial charge in [-0.05, 0) is 24.1 Å². The fourth-order valence-corrected chi connectivity index (χ4v) is 5.03. The molecule has 0 saturated carbocycles. The van der Waals surface area contributed by atoms with Gasteiger partial charge in [-0.1, -0.05) is 48.5 Å². The molecule has 6 rings (SSSR count). The lowest BCUT2D eigenvalue weighted by molar-refractivity contribution is -0.121. The van der Waals surface area contributed by atoms with Crippen LogP contribution >= 0.6 is 0 Å². The number of fused-ring (bicyclic) bond motifs is 3. The van der Waals surface area contributed by atoms with Crippen molar-refractivity contribution in [1.82, 2.24) is 0 Å². The molecule has 1 atom stereocenters. The van der Waals surface area contributed by atoms with Gasteiger partial charge in [0, 0.05) is 30.4 Å². The molecular weight excluding hydrogens is 384 g/mol. The SMILES string of the molecule is CN1C(=O)C2(N=C(c3ccccc3)N3CCc4cc(F)c(F)c2c43)c2ccccc21. The van der Waals surface area contributed by atoms with E-state index in [-0.39, 0.29) is 11.5 Å². The molecular formula is C24H17F2N3O. The summed E-state index contributed by atoms with van der Waals surface area (Å²) in [5.74, 6) is -1.72. The molecule has 0 aliphatic carbocycles. The summed E-state index contributed by atoms with van der Waals surface area (Å²) in [5.41, 5.74) is 1.71. The molecule has 1 amide bonds. The molecule has 0 aromatic heterocycles. The molecule has 148 valence electrons. The molecule has 0 fully saturated rings. The number of carbonyl (C=O) groups is 1. The zero-order chi connectivity index (χ0) is 20.6. The first-order chi connectivity index (χ1) is 14.5. The van der Waals surface area contributed by atoms with Gasteiger partial charge in [-0.3, -0.25) is 4.79 Å². The zero-order valence-electron chi connectivity index (χ0n) is 16.2. The minimum absolute atomic E-state index is 0.0245. The Morgan fingerprint density at radius 2 is 1.77 bits per heavy atom. The Kier molecular flexibility index (Phi) is 3.32. The van der Waals surface area contributed by atoms with Crippen molar-refractivity contribution < 1.29 is 13.6 Å². The van der Waals surface area contributed by atoms with Gasteiger partial charge in [0.1, 0.15) is 5.84 Å². The lowest BCUT2D eigenvalue weighted by Gasteiger charge is -2.37. The fraction of sp³-hybridized carbons (Fsp3) is 0.167. The predicted molar refractivity (Wildman–Crippen MR) is 111 cm³/mol. The number of hydrogen-bond donors (Lipinski definition) is 0. The third kappa shape index (κ3) is 1.93. The first-order valence-corrected chi connectivity index (χ1v) is 9.86. The van der Waals surface area contributed by atoms with E-state index in [1.807, 2.05) is 47.4 Å². The average molecular weight is 401 g/mol. The first-order valence-electron chi connectivity index (χ1n) is 9.86. The van der Waals surface area contributed by atoms with Gasteiger partial charge >= 0.3 is 0 Å². The van der Waals surface area contributed by atoms with Crippen LogP contribution < -0.4 is 9.80 Å². The molecule has 1 unspecified atom stereocenters. The van der Waals surface area contributed by atoms with Crippen LogP contribution in [0.1, 0.15) is 22.3 Å². The van der Waals surface area contributed by atoms with Crippen LogP contribution in [0.15, 0.2) is 65.7 Å². The highest BCUT2D eigenvalue weighted by Gasteiger charge is 2.58. The predicted octanol–water partition coefficient (Wildman–Crippen LogP) is 4.01. The molecule has 0 saturated heterocycles. The van der Waals surface area contributed by atoms with Gasteiger partial charge in [0.25, 0.3) is 5.91 Å². The quantitative estimate of drug-likeness (QED) is 0.618. The van der Waals surface area contributed by atoms with E-state index >= 15 is 4.39 Å². The number of amides is 1. The summed E-state index contributed by atoms with van der Waals surface area (Å²) < 4.78 is 30.1. The van der Waals surface area contributed by atoms with Crippen LogP contribution in [0.3, 0.4) is 0 Å². The summed E-state index contributed by atoms with van der Waals surface area (Å²) >= 11 is 0. The molecule has 30 heavy (non-hydrogen) atoms. The Balaban J connectivity index is 1.78. The Morgan fingerprint density at radius 1 is 1.03 bits per heavy atom. The molecule has 3 aromatic carbocycles. The summed E-state index contributed by atoms with van der Waals surface area (Å²) in [4.78, 5) is 22.0. The molecule has 3 aliphatic rings. The zero-order valence-corrected chi connectivity index (χ0v) is 16.2. The Bertz CT molecular complexity index is 1270. The third-order valence-electron chi connectivity index (χ3n) is 6.34. The molecule has 6 heteroatoms. The van der Waals surface area contributed by atoms with Crippen LogP contribution in [0.2, 0.25) is 0 Å². The number of amidine groups is 1. The Morgan fingerprint density at radius 3 is 2.57 bits per heavy atom. The number of rotatable bonds is 1. The second kappa shape index (κ2) is 5.75. The molecule has 4 nitrogen and oxygen atoms in total. The van der Waals surface area contributed by atoms with E-state index in [4.69, 9.17) is 4.99 Å². The maximum Gasteiger partial charge on any atom is 0.264 e. The van der Waals surface area contributed by atoms with E-state index in [0.29, 0.717) is 41.3 Å². The number of para-hydroxylation sites is 1. The highest BCUT2D eigenvalue weighted by Crippen LogP contribution is 2.54. The molecule has 1 spiro atoms. The normalized spacial score (nSPS) is 21.2. The average Bonchev–Trinajstić information content (AvgIpc) is 3.28. The summed E-state index contributed by atoms with van der Waals surface area (Å²) in [6.07, 6.45) is 0.563. The van der Waals surface area contributed by atoms with Gasteiger partial charge in [0.2, 0.25) is 0 Å². The molecule has 3 heterocycles. The first kappa shape index (κ1) is 17.3. The van der Waals surface area contributed by atoms with Crippen LogP contribution in [-0.4, -0.2) is 25.3 Å². The lowest BCUT2D eigenvalue weighted by atomic mass is 9.80. The van der Waals surface area contributed by atoms with Crippen LogP contribution in [-0.2, 0) is 16.8 Å².